The molecule has 10 heteroatoms. The maximum Gasteiger partial charge on any atom is 0.274 e. The van der Waals surface area contributed by atoms with Crippen LogP contribution in [0, 0.1) is 25.2 Å². The molecule has 0 saturated carbocycles. The largest absolute Gasteiger partial charge is 0.338 e. The molecule has 10 nitrogen and oxygen atoms in total. The number of fused-ring (bicyclic) bond motifs is 1. The van der Waals surface area contributed by atoms with Crippen LogP contribution in [0.15, 0.2) is 61.1 Å². The van der Waals surface area contributed by atoms with Crippen molar-refractivity contribution in [2.45, 2.75) is 26.3 Å². The number of hydroxylamine groups is 1. The number of aromatic nitrogens is 3. The number of nitriles is 1. The van der Waals surface area contributed by atoms with E-state index in [1.807, 2.05) is 43.3 Å². The van der Waals surface area contributed by atoms with Crippen LogP contribution < -0.4 is 16.1 Å². The average molecular weight is 484 g/mol. The standard InChI is InChI=1S/C26H25N7O3/c1-16-9-10-19(25(34)32-36-3)12-22(16)31-24-23-17(2)21(14-33(23)29-15-28-24)26(35)30-20(13-27)11-18-7-5-4-6-8-18/h4-10,12,14-15,20H,11H2,1-3H3,(H,30,35)(H,32,34)(H,28,29,31)/t20-/m1/s1. The summed E-state index contributed by atoms with van der Waals surface area (Å²) in [5.74, 6) is -0.287. The molecule has 0 spiro atoms. The third kappa shape index (κ3) is 5.16. The van der Waals surface area contributed by atoms with Gasteiger partial charge in [-0.25, -0.2) is 15.0 Å². The molecule has 2 aromatic carbocycles. The molecule has 36 heavy (non-hydrogen) atoms. The monoisotopic (exact) mass is 483 g/mol. The molecular formula is C26H25N7O3. The summed E-state index contributed by atoms with van der Waals surface area (Å²) < 4.78 is 1.56. The SMILES string of the molecule is CONC(=O)c1ccc(C)c(Nc2ncnn3cc(C(=O)N[C@@H](C#N)Cc4ccccc4)c(C)c23)c1. The summed E-state index contributed by atoms with van der Waals surface area (Å²) in [7, 11) is 1.37. The maximum atomic E-state index is 13.1. The van der Waals surface area contributed by atoms with Crippen LogP contribution in [0.25, 0.3) is 5.52 Å². The quantitative estimate of drug-likeness (QED) is 0.328. The Balaban J connectivity index is 1.61. The molecule has 2 heterocycles. The van der Waals surface area contributed by atoms with Gasteiger partial charge in [0, 0.05) is 23.9 Å². The van der Waals surface area contributed by atoms with Crippen molar-refractivity contribution in [1.29, 1.82) is 5.26 Å². The fourth-order valence-electron chi connectivity index (χ4n) is 3.87. The van der Waals surface area contributed by atoms with Crippen molar-refractivity contribution in [3.05, 3.63) is 88.9 Å². The second-order valence-corrected chi connectivity index (χ2v) is 8.20. The lowest BCUT2D eigenvalue weighted by Crippen LogP contribution is -2.35. The van der Waals surface area contributed by atoms with Gasteiger partial charge in [0.05, 0.1) is 18.7 Å². The number of carbonyl (C=O) groups is 2. The highest BCUT2D eigenvalue weighted by Gasteiger charge is 2.21. The van der Waals surface area contributed by atoms with Gasteiger partial charge in [0.1, 0.15) is 17.9 Å². The summed E-state index contributed by atoms with van der Waals surface area (Å²) in [4.78, 5) is 34.4. The molecule has 0 saturated heterocycles. The Morgan fingerprint density at radius 3 is 2.64 bits per heavy atom. The highest BCUT2D eigenvalue weighted by atomic mass is 16.6. The van der Waals surface area contributed by atoms with Crippen molar-refractivity contribution in [3.63, 3.8) is 0 Å². The molecule has 0 radical (unpaired) electrons. The van der Waals surface area contributed by atoms with E-state index >= 15 is 0 Å². The van der Waals surface area contributed by atoms with Gasteiger partial charge in [-0.1, -0.05) is 36.4 Å². The number of anilines is 2. The van der Waals surface area contributed by atoms with Gasteiger partial charge in [-0.3, -0.25) is 14.4 Å². The van der Waals surface area contributed by atoms with Crippen LogP contribution in [0.4, 0.5) is 11.5 Å². The first-order chi connectivity index (χ1) is 17.4. The molecule has 0 unspecified atom stereocenters. The Kier molecular flexibility index (Phi) is 7.23. The molecule has 3 N–H and O–H groups in total. The summed E-state index contributed by atoms with van der Waals surface area (Å²) >= 11 is 0. The lowest BCUT2D eigenvalue weighted by molar-refractivity contribution is 0.0537. The molecule has 0 bridgehead atoms. The molecular weight excluding hydrogens is 458 g/mol. The normalized spacial score (nSPS) is 11.5. The Morgan fingerprint density at radius 1 is 1.14 bits per heavy atom. The van der Waals surface area contributed by atoms with Crippen LogP contribution in [0.1, 0.15) is 37.4 Å². The Hall–Kier alpha value is -4.75. The summed E-state index contributed by atoms with van der Waals surface area (Å²) in [5.41, 5.74) is 6.85. The number of benzene rings is 2. The Bertz CT molecular complexity index is 1460. The van der Waals surface area contributed by atoms with Crippen LogP contribution in [0.5, 0.6) is 0 Å². The van der Waals surface area contributed by atoms with E-state index in [0.29, 0.717) is 40.1 Å². The van der Waals surface area contributed by atoms with Gasteiger partial charge >= 0.3 is 0 Å². The lowest BCUT2D eigenvalue weighted by Gasteiger charge is -2.12. The van der Waals surface area contributed by atoms with Crippen LogP contribution in [-0.4, -0.2) is 39.6 Å². The molecule has 0 aliphatic rings. The number of nitrogens with one attached hydrogen (secondary N) is 3. The fourth-order valence-corrected chi connectivity index (χ4v) is 3.87. The first kappa shape index (κ1) is 24.4. The number of amides is 2. The van der Waals surface area contributed by atoms with Crippen molar-refractivity contribution >= 4 is 28.8 Å². The predicted molar refractivity (Wildman–Crippen MR) is 134 cm³/mol. The maximum absolute atomic E-state index is 13.1. The number of rotatable bonds is 8. The van der Waals surface area contributed by atoms with Gasteiger partial charge in [-0.05, 0) is 42.7 Å². The van der Waals surface area contributed by atoms with E-state index in [9.17, 15) is 14.9 Å². The zero-order chi connectivity index (χ0) is 25.7. The van der Waals surface area contributed by atoms with Crippen LogP contribution >= 0.6 is 0 Å². The minimum Gasteiger partial charge on any atom is -0.338 e. The molecule has 4 rings (SSSR count). The number of hydrogen-bond donors (Lipinski definition) is 3. The third-order valence-electron chi connectivity index (χ3n) is 5.76. The van der Waals surface area contributed by atoms with Crippen molar-refractivity contribution in [2.24, 2.45) is 0 Å². The van der Waals surface area contributed by atoms with Gasteiger partial charge in [-0.15, -0.1) is 0 Å². The smallest absolute Gasteiger partial charge is 0.274 e. The van der Waals surface area contributed by atoms with E-state index < -0.39 is 6.04 Å². The first-order valence-electron chi connectivity index (χ1n) is 11.2. The molecule has 0 aliphatic heterocycles. The van der Waals surface area contributed by atoms with E-state index in [2.05, 4.69) is 32.3 Å². The van der Waals surface area contributed by atoms with E-state index in [1.54, 1.807) is 29.8 Å². The lowest BCUT2D eigenvalue weighted by atomic mass is 10.1. The van der Waals surface area contributed by atoms with Gasteiger partial charge in [0.15, 0.2) is 5.82 Å². The summed E-state index contributed by atoms with van der Waals surface area (Å²) in [6.07, 6.45) is 3.38. The molecule has 0 fully saturated rings. The molecule has 182 valence electrons. The second-order valence-electron chi connectivity index (χ2n) is 8.20. The first-order valence-corrected chi connectivity index (χ1v) is 11.2. The summed E-state index contributed by atoms with van der Waals surface area (Å²) in [5, 5.41) is 19.9. The van der Waals surface area contributed by atoms with Gasteiger partial charge in [-0.2, -0.15) is 10.4 Å². The molecule has 0 aliphatic carbocycles. The Morgan fingerprint density at radius 2 is 1.92 bits per heavy atom. The number of aryl methyl sites for hydroxylation is 2. The number of nitrogens with zero attached hydrogens (tertiary/aromatic N) is 4. The van der Waals surface area contributed by atoms with Gasteiger partial charge in [0.25, 0.3) is 11.8 Å². The highest BCUT2D eigenvalue weighted by molar-refractivity contribution is 5.99. The average Bonchev–Trinajstić information content (AvgIpc) is 3.23. The zero-order valence-corrected chi connectivity index (χ0v) is 20.1. The van der Waals surface area contributed by atoms with Crippen molar-refractivity contribution in [3.8, 4) is 6.07 Å². The summed E-state index contributed by atoms with van der Waals surface area (Å²) in [6, 6.07) is 16.2. The van der Waals surface area contributed by atoms with Crippen LogP contribution in [0.3, 0.4) is 0 Å². The van der Waals surface area contributed by atoms with Gasteiger partial charge < -0.3 is 10.6 Å². The van der Waals surface area contributed by atoms with E-state index in [1.165, 1.54) is 13.4 Å². The molecule has 2 aromatic heterocycles. The number of carbonyl (C=O) groups excluding carboxylic acids is 2. The van der Waals surface area contributed by atoms with E-state index in [-0.39, 0.29) is 11.8 Å². The molecule has 1 atom stereocenters. The third-order valence-corrected chi connectivity index (χ3v) is 5.76. The molecule has 2 amide bonds. The van der Waals surface area contributed by atoms with E-state index in [4.69, 9.17) is 4.84 Å². The fraction of sp³-hybridized carbons (Fsp3) is 0.192. The number of hydrogen-bond acceptors (Lipinski definition) is 7. The second kappa shape index (κ2) is 10.7. The van der Waals surface area contributed by atoms with E-state index in [0.717, 1.165) is 11.1 Å². The van der Waals surface area contributed by atoms with Crippen molar-refractivity contribution in [1.82, 2.24) is 25.4 Å². The molecule has 4 aromatic rings. The summed E-state index contributed by atoms with van der Waals surface area (Å²) in [6.45, 7) is 3.70. The Labute approximate surface area is 207 Å². The minimum atomic E-state index is -0.686. The zero-order valence-electron chi connectivity index (χ0n) is 20.1. The minimum absolute atomic E-state index is 0.374. The van der Waals surface area contributed by atoms with Crippen molar-refractivity contribution < 1.29 is 14.4 Å². The topological polar surface area (TPSA) is 133 Å². The van der Waals surface area contributed by atoms with Crippen molar-refractivity contribution in [2.75, 3.05) is 12.4 Å². The van der Waals surface area contributed by atoms with Crippen LogP contribution in [0.2, 0.25) is 0 Å². The van der Waals surface area contributed by atoms with Gasteiger partial charge in [0.2, 0.25) is 0 Å². The predicted octanol–water partition coefficient (Wildman–Crippen LogP) is 3.25. The van der Waals surface area contributed by atoms with Crippen LogP contribution in [-0.2, 0) is 11.3 Å². The highest BCUT2D eigenvalue weighted by Crippen LogP contribution is 2.27.